The molecule has 1 N–H and O–H groups in total. The first-order chi connectivity index (χ1) is 15.5. The molecule has 1 saturated heterocycles. The van der Waals surface area contributed by atoms with E-state index in [1.165, 1.54) is 10.9 Å². The number of carbonyl (C=O) groups excluding carboxylic acids is 2. The topological polar surface area (TPSA) is 93.5 Å². The summed E-state index contributed by atoms with van der Waals surface area (Å²) < 4.78 is 6.76. The molecule has 2 aromatic carbocycles. The van der Waals surface area contributed by atoms with Crippen molar-refractivity contribution in [1.82, 2.24) is 14.5 Å². The molecule has 0 bridgehead atoms. The summed E-state index contributed by atoms with van der Waals surface area (Å²) in [5, 5.41) is 3.41. The molecule has 0 unspecified atom stereocenters. The zero-order chi connectivity index (χ0) is 22.7. The van der Waals surface area contributed by atoms with Crippen LogP contribution in [0.1, 0.15) is 27.9 Å². The fraction of sp³-hybridized carbons (Fsp3) is 0.333. The Morgan fingerprint density at radius 2 is 1.84 bits per heavy atom. The molecule has 1 fully saturated rings. The van der Waals surface area contributed by atoms with Crippen molar-refractivity contribution in [3.05, 3.63) is 69.8 Å². The first-order valence-electron chi connectivity index (χ1n) is 10.7. The predicted octanol–water partition coefficient (Wildman–Crippen LogP) is 2.51. The summed E-state index contributed by atoms with van der Waals surface area (Å²) in [6.07, 6.45) is 1.60. The number of aryl methyl sites for hydroxylation is 2. The van der Waals surface area contributed by atoms with E-state index in [9.17, 15) is 14.4 Å². The average molecular weight is 434 g/mol. The molecular formula is C24H26N4O4. The van der Waals surface area contributed by atoms with Gasteiger partial charge in [0.1, 0.15) is 0 Å². The standard InChI is InChI=1S/C24H26N4O4/c1-16-5-3-7-19-22(16)25-15-28(24(19)31)10-9-21(29)26-20-8-4-6-18(17(20)2)23(30)27-11-13-32-14-12-27/h3-8,15H,9-14H2,1-2H3,(H,26,29). The molecule has 2 heterocycles. The van der Waals surface area contributed by atoms with Crippen LogP contribution in [0.2, 0.25) is 0 Å². The second-order valence-electron chi connectivity index (χ2n) is 7.90. The average Bonchev–Trinajstić information content (AvgIpc) is 2.81. The van der Waals surface area contributed by atoms with Crippen molar-refractivity contribution in [2.75, 3.05) is 31.6 Å². The van der Waals surface area contributed by atoms with Crippen LogP contribution < -0.4 is 10.9 Å². The van der Waals surface area contributed by atoms with Gasteiger partial charge in [-0.2, -0.15) is 0 Å². The highest BCUT2D eigenvalue weighted by molar-refractivity contribution is 5.99. The fourth-order valence-corrected chi connectivity index (χ4v) is 3.87. The van der Waals surface area contributed by atoms with Gasteiger partial charge in [-0.25, -0.2) is 4.98 Å². The molecule has 0 radical (unpaired) electrons. The van der Waals surface area contributed by atoms with Crippen molar-refractivity contribution in [3.63, 3.8) is 0 Å². The van der Waals surface area contributed by atoms with Crippen LogP contribution in [-0.2, 0) is 16.1 Å². The Balaban J connectivity index is 1.45. The first-order valence-corrected chi connectivity index (χ1v) is 10.7. The summed E-state index contributed by atoms with van der Waals surface area (Å²) in [6, 6.07) is 10.8. The van der Waals surface area contributed by atoms with Gasteiger partial charge in [-0.05, 0) is 43.2 Å². The van der Waals surface area contributed by atoms with Crippen LogP contribution in [0.3, 0.4) is 0 Å². The minimum absolute atomic E-state index is 0.0639. The quantitative estimate of drug-likeness (QED) is 0.666. The molecule has 2 amide bonds. The van der Waals surface area contributed by atoms with Crippen LogP contribution >= 0.6 is 0 Å². The SMILES string of the molecule is Cc1c(NC(=O)CCn2cnc3c(C)cccc3c2=O)cccc1C(=O)N1CCOCC1. The maximum Gasteiger partial charge on any atom is 0.261 e. The molecule has 4 rings (SSSR count). The molecule has 8 nitrogen and oxygen atoms in total. The van der Waals surface area contributed by atoms with Gasteiger partial charge in [0.25, 0.3) is 11.5 Å². The zero-order valence-corrected chi connectivity index (χ0v) is 18.3. The van der Waals surface area contributed by atoms with Crippen molar-refractivity contribution >= 4 is 28.4 Å². The number of aromatic nitrogens is 2. The third-order valence-corrected chi connectivity index (χ3v) is 5.77. The number of anilines is 1. The molecule has 0 spiro atoms. The molecule has 0 atom stereocenters. The van der Waals surface area contributed by atoms with Gasteiger partial charge in [-0.1, -0.05) is 18.2 Å². The molecule has 0 aliphatic carbocycles. The largest absolute Gasteiger partial charge is 0.378 e. The Morgan fingerprint density at radius 1 is 1.09 bits per heavy atom. The third kappa shape index (κ3) is 4.40. The number of nitrogens with one attached hydrogen (secondary N) is 1. The molecule has 1 aliphatic heterocycles. The van der Waals surface area contributed by atoms with Crippen LogP contribution in [0.4, 0.5) is 5.69 Å². The van der Waals surface area contributed by atoms with E-state index in [1.807, 2.05) is 26.0 Å². The number of nitrogens with zero attached hydrogens (tertiary/aromatic N) is 3. The van der Waals surface area contributed by atoms with E-state index < -0.39 is 0 Å². The van der Waals surface area contributed by atoms with Crippen molar-refractivity contribution in [1.29, 1.82) is 0 Å². The van der Waals surface area contributed by atoms with Gasteiger partial charge < -0.3 is 15.0 Å². The molecule has 3 aromatic rings. The number of para-hydroxylation sites is 1. The summed E-state index contributed by atoms with van der Waals surface area (Å²) >= 11 is 0. The van der Waals surface area contributed by atoms with Crippen LogP contribution in [0.15, 0.2) is 47.5 Å². The summed E-state index contributed by atoms with van der Waals surface area (Å²) in [5.74, 6) is -0.300. The second kappa shape index (κ2) is 9.32. The number of benzene rings is 2. The Hall–Kier alpha value is -3.52. The maximum absolute atomic E-state index is 12.9. The van der Waals surface area contributed by atoms with E-state index in [-0.39, 0.29) is 30.3 Å². The Bertz CT molecular complexity index is 1230. The lowest BCUT2D eigenvalue weighted by atomic mass is 10.0. The van der Waals surface area contributed by atoms with Gasteiger partial charge in [-0.15, -0.1) is 0 Å². The van der Waals surface area contributed by atoms with E-state index in [1.54, 1.807) is 29.2 Å². The number of rotatable bonds is 5. The zero-order valence-electron chi connectivity index (χ0n) is 18.3. The summed E-state index contributed by atoms with van der Waals surface area (Å²) in [5.41, 5.74) is 3.32. The molecular weight excluding hydrogens is 408 g/mol. The molecule has 166 valence electrons. The number of hydrogen-bond acceptors (Lipinski definition) is 5. The highest BCUT2D eigenvalue weighted by Crippen LogP contribution is 2.21. The van der Waals surface area contributed by atoms with E-state index in [0.29, 0.717) is 48.5 Å². The minimum Gasteiger partial charge on any atom is -0.378 e. The van der Waals surface area contributed by atoms with Crippen LogP contribution in [0.5, 0.6) is 0 Å². The molecule has 1 aromatic heterocycles. The van der Waals surface area contributed by atoms with E-state index in [2.05, 4.69) is 10.3 Å². The third-order valence-electron chi connectivity index (χ3n) is 5.77. The van der Waals surface area contributed by atoms with Crippen molar-refractivity contribution < 1.29 is 14.3 Å². The molecule has 32 heavy (non-hydrogen) atoms. The van der Waals surface area contributed by atoms with Gasteiger partial charge >= 0.3 is 0 Å². The maximum atomic E-state index is 12.9. The first kappa shape index (κ1) is 21.7. The van der Waals surface area contributed by atoms with Crippen molar-refractivity contribution in [2.24, 2.45) is 0 Å². The summed E-state index contributed by atoms with van der Waals surface area (Å²) in [6.45, 7) is 6.13. The highest BCUT2D eigenvalue weighted by Gasteiger charge is 2.21. The molecule has 8 heteroatoms. The molecule has 0 saturated carbocycles. The molecule has 1 aliphatic rings. The number of fused-ring (bicyclic) bond motifs is 1. The number of amides is 2. The van der Waals surface area contributed by atoms with Gasteiger partial charge in [-0.3, -0.25) is 19.0 Å². The van der Waals surface area contributed by atoms with Gasteiger partial charge in [0, 0.05) is 37.3 Å². The van der Waals surface area contributed by atoms with Crippen LogP contribution in [0.25, 0.3) is 10.9 Å². The minimum atomic E-state index is -0.236. The predicted molar refractivity (Wildman–Crippen MR) is 122 cm³/mol. The van der Waals surface area contributed by atoms with E-state index in [4.69, 9.17) is 4.74 Å². The monoisotopic (exact) mass is 434 g/mol. The fourth-order valence-electron chi connectivity index (χ4n) is 3.87. The summed E-state index contributed by atoms with van der Waals surface area (Å²) in [4.78, 5) is 44.3. The highest BCUT2D eigenvalue weighted by atomic mass is 16.5. The van der Waals surface area contributed by atoms with Crippen LogP contribution in [0, 0.1) is 13.8 Å². The smallest absolute Gasteiger partial charge is 0.261 e. The van der Waals surface area contributed by atoms with E-state index in [0.717, 1.165) is 11.1 Å². The Morgan fingerprint density at radius 3 is 2.62 bits per heavy atom. The summed E-state index contributed by atoms with van der Waals surface area (Å²) in [7, 11) is 0. The number of ether oxygens (including phenoxy) is 1. The van der Waals surface area contributed by atoms with Gasteiger partial charge in [0.2, 0.25) is 5.91 Å². The van der Waals surface area contributed by atoms with Crippen LogP contribution in [-0.4, -0.2) is 52.6 Å². The second-order valence-corrected chi connectivity index (χ2v) is 7.90. The number of hydrogen-bond donors (Lipinski definition) is 1. The lowest BCUT2D eigenvalue weighted by molar-refractivity contribution is -0.116. The normalized spacial score (nSPS) is 13.9. The lowest BCUT2D eigenvalue weighted by Crippen LogP contribution is -2.41. The van der Waals surface area contributed by atoms with Gasteiger partial charge in [0.15, 0.2) is 0 Å². The Labute approximate surface area is 185 Å². The Kier molecular flexibility index (Phi) is 6.32. The van der Waals surface area contributed by atoms with Crippen molar-refractivity contribution in [3.8, 4) is 0 Å². The van der Waals surface area contributed by atoms with Crippen molar-refractivity contribution in [2.45, 2.75) is 26.8 Å². The van der Waals surface area contributed by atoms with Gasteiger partial charge in [0.05, 0.1) is 30.4 Å². The lowest BCUT2D eigenvalue weighted by Gasteiger charge is -2.27. The number of carbonyl (C=O) groups is 2. The van der Waals surface area contributed by atoms with E-state index >= 15 is 0 Å². The number of morpholine rings is 1.